The lowest BCUT2D eigenvalue weighted by molar-refractivity contribution is 0.300. The molecule has 0 aliphatic heterocycles. The molecule has 0 saturated heterocycles. The largest absolute Gasteiger partial charge is 0.311 e. The van der Waals surface area contributed by atoms with E-state index in [1.54, 1.807) is 0 Å². The second kappa shape index (κ2) is 5.94. The van der Waals surface area contributed by atoms with E-state index in [-0.39, 0.29) is 5.54 Å². The molecule has 2 rings (SSSR count). The van der Waals surface area contributed by atoms with Crippen LogP contribution in [0.4, 0.5) is 0 Å². The van der Waals surface area contributed by atoms with Crippen LogP contribution in [0.2, 0.25) is 0 Å². The van der Waals surface area contributed by atoms with Crippen LogP contribution in [0.3, 0.4) is 0 Å². The fraction of sp³-hybridized carbons (Fsp3) is 0.562. The number of aryl methyl sites for hydroxylation is 1. The summed E-state index contributed by atoms with van der Waals surface area (Å²) in [5.41, 5.74) is 2.53. The van der Waals surface area contributed by atoms with Crippen molar-refractivity contribution in [3.63, 3.8) is 0 Å². The second-order valence-corrected chi connectivity index (χ2v) is 6.50. The van der Waals surface area contributed by atoms with Crippen LogP contribution in [0.15, 0.2) is 24.3 Å². The first kappa shape index (κ1) is 15.0. The third-order valence-corrected chi connectivity index (χ3v) is 3.40. The number of nitrogens with one attached hydrogen (secondary N) is 1. The van der Waals surface area contributed by atoms with Gasteiger partial charge in [-0.2, -0.15) is 5.10 Å². The maximum atomic E-state index is 4.64. The van der Waals surface area contributed by atoms with Crippen molar-refractivity contribution in [1.29, 1.82) is 0 Å². The van der Waals surface area contributed by atoms with Gasteiger partial charge in [0.2, 0.25) is 0 Å². The molecule has 1 N–H and O–H groups in total. The van der Waals surface area contributed by atoms with Crippen molar-refractivity contribution in [1.82, 2.24) is 20.0 Å². The summed E-state index contributed by atoms with van der Waals surface area (Å²) < 4.78 is 1.96. The Morgan fingerprint density at radius 2 is 1.95 bits per heavy atom. The average molecular weight is 274 g/mol. The van der Waals surface area contributed by atoms with Crippen LogP contribution >= 0.6 is 0 Å². The number of likely N-dealkylation sites (N-methyl/N-ethyl adjacent to an activating group) is 1. The summed E-state index contributed by atoms with van der Waals surface area (Å²) in [6, 6.07) is 8.41. The summed E-state index contributed by atoms with van der Waals surface area (Å²) in [4.78, 5) is 2.31. The molecule has 0 radical (unpaired) electrons. The van der Waals surface area contributed by atoms with E-state index in [1.807, 2.05) is 11.7 Å². The molecule has 1 aromatic heterocycles. The Bertz CT molecular complexity index is 565. The minimum atomic E-state index is 0.179. The minimum absolute atomic E-state index is 0.179. The van der Waals surface area contributed by atoms with Crippen molar-refractivity contribution in [2.75, 3.05) is 20.1 Å². The van der Waals surface area contributed by atoms with E-state index in [0.717, 1.165) is 25.3 Å². The van der Waals surface area contributed by atoms with E-state index in [0.29, 0.717) is 0 Å². The molecule has 0 atom stereocenters. The Balaban J connectivity index is 1.98. The van der Waals surface area contributed by atoms with Gasteiger partial charge in [0, 0.05) is 37.6 Å². The first-order valence-corrected chi connectivity index (χ1v) is 7.21. The van der Waals surface area contributed by atoms with E-state index in [1.165, 1.54) is 10.9 Å². The highest BCUT2D eigenvalue weighted by Gasteiger charge is 2.11. The molecule has 4 nitrogen and oxygen atoms in total. The molecule has 0 spiro atoms. The van der Waals surface area contributed by atoms with Gasteiger partial charge in [-0.15, -0.1) is 0 Å². The van der Waals surface area contributed by atoms with Crippen molar-refractivity contribution >= 4 is 10.9 Å². The van der Waals surface area contributed by atoms with E-state index in [9.17, 15) is 0 Å². The third-order valence-electron chi connectivity index (χ3n) is 3.40. The number of para-hydroxylation sites is 1. The van der Waals surface area contributed by atoms with Gasteiger partial charge in [-0.25, -0.2) is 0 Å². The molecular weight excluding hydrogens is 248 g/mol. The number of fused-ring (bicyclic) bond motifs is 1. The van der Waals surface area contributed by atoms with E-state index < -0.39 is 0 Å². The molecule has 20 heavy (non-hydrogen) atoms. The van der Waals surface area contributed by atoms with Gasteiger partial charge in [0.25, 0.3) is 0 Å². The Hall–Kier alpha value is -1.39. The van der Waals surface area contributed by atoms with Gasteiger partial charge in [0.05, 0.1) is 11.2 Å². The van der Waals surface area contributed by atoms with E-state index >= 15 is 0 Å². The molecule has 0 unspecified atom stereocenters. The normalized spacial score (nSPS) is 12.5. The Labute approximate surface area is 121 Å². The molecule has 110 valence electrons. The topological polar surface area (TPSA) is 33.1 Å². The summed E-state index contributed by atoms with van der Waals surface area (Å²) in [5.74, 6) is 0. The maximum absolute atomic E-state index is 4.64. The number of benzene rings is 1. The molecule has 0 aliphatic rings. The summed E-state index contributed by atoms with van der Waals surface area (Å²) in [5, 5.41) is 9.41. The lowest BCUT2D eigenvalue weighted by Crippen LogP contribution is -2.40. The molecule has 4 heteroatoms. The monoisotopic (exact) mass is 274 g/mol. The number of hydrogen-bond donors (Lipinski definition) is 1. The average Bonchev–Trinajstić information content (AvgIpc) is 2.65. The first-order valence-electron chi connectivity index (χ1n) is 7.21. The van der Waals surface area contributed by atoms with Crippen molar-refractivity contribution < 1.29 is 0 Å². The van der Waals surface area contributed by atoms with Gasteiger partial charge in [-0.1, -0.05) is 18.2 Å². The lowest BCUT2D eigenvalue weighted by Gasteiger charge is -2.23. The van der Waals surface area contributed by atoms with E-state index in [4.69, 9.17) is 0 Å². The fourth-order valence-electron chi connectivity index (χ4n) is 2.36. The van der Waals surface area contributed by atoms with E-state index in [2.05, 4.69) is 67.4 Å². The molecule has 1 aromatic carbocycles. The van der Waals surface area contributed by atoms with Crippen molar-refractivity contribution in [2.45, 2.75) is 32.9 Å². The summed E-state index contributed by atoms with van der Waals surface area (Å²) in [7, 11) is 4.15. The summed E-state index contributed by atoms with van der Waals surface area (Å²) >= 11 is 0. The predicted molar refractivity (Wildman–Crippen MR) is 84.8 cm³/mol. The van der Waals surface area contributed by atoms with Gasteiger partial charge in [0.1, 0.15) is 0 Å². The lowest BCUT2D eigenvalue weighted by atomic mass is 10.1. The number of hydrogen-bond acceptors (Lipinski definition) is 3. The van der Waals surface area contributed by atoms with Crippen LogP contribution < -0.4 is 5.32 Å². The zero-order valence-electron chi connectivity index (χ0n) is 13.3. The predicted octanol–water partition coefficient (Wildman–Crippen LogP) is 2.39. The van der Waals surface area contributed by atoms with Gasteiger partial charge in [-0.05, 0) is 33.9 Å². The van der Waals surface area contributed by atoms with Gasteiger partial charge >= 0.3 is 0 Å². The van der Waals surface area contributed by atoms with Crippen molar-refractivity contribution in [3.05, 3.63) is 30.0 Å². The standard InChI is InChI=1S/C16H26N4/c1-16(2,3)17-10-11-19(4)12-14-13-8-6-7-9-15(13)20(5)18-14/h6-9,17H,10-12H2,1-5H3. The zero-order chi connectivity index (χ0) is 14.8. The second-order valence-electron chi connectivity index (χ2n) is 6.50. The Kier molecular flexibility index (Phi) is 4.45. The van der Waals surface area contributed by atoms with Gasteiger partial charge in [0.15, 0.2) is 0 Å². The third kappa shape index (κ3) is 3.81. The minimum Gasteiger partial charge on any atom is -0.311 e. The molecule has 2 aromatic rings. The Morgan fingerprint density at radius 3 is 2.65 bits per heavy atom. The Morgan fingerprint density at radius 1 is 1.25 bits per heavy atom. The smallest absolute Gasteiger partial charge is 0.0843 e. The van der Waals surface area contributed by atoms with Crippen molar-refractivity contribution in [2.24, 2.45) is 7.05 Å². The molecule has 0 saturated carbocycles. The van der Waals surface area contributed by atoms with Crippen LogP contribution in [0, 0.1) is 0 Å². The van der Waals surface area contributed by atoms with Crippen molar-refractivity contribution in [3.8, 4) is 0 Å². The SMILES string of the molecule is CN(CCNC(C)(C)C)Cc1nn(C)c2ccccc12. The summed E-state index contributed by atoms with van der Waals surface area (Å²) in [6.07, 6.45) is 0. The number of rotatable bonds is 5. The van der Waals surface area contributed by atoms with Crippen LogP contribution in [0.5, 0.6) is 0 Å². The van der Waals surface area contributed by atoms with Crippen LogP contribution in [0.1, 0.15) is 26.5 Å². The maximum Gasteiger partial charge on any atom is 0.0843 e. The fourth-order valence-corrected chi connectivity index (χ4v) is 2.36. The van der Waals surface area contributed by atoms with Crippen LogP contribution in [0.25, 0.3) is 10.9 Å². The van der Waals surface area contributed by atoms with Gasteiger partial charge in [-0.3, -0.25) is 9.58 Å². The van der Waals surface area contributed by atoms with Gasteiger partial charge < -0.3 is 5.32 Å². The highest BCUT2D eigenvalue weighted by Crippen LogP contribution is 2.18. The summed E-state index contributed by atoms with van der Waals surface area (Å²) in [6.45, 7) is 9.47. The zero-order valence-corrected chi connectivity index (χ0v) is 13.3. The molecule has 1 heterocycles. The molecule has 0 aliphatic carbocycles. The first-order chi connectivity index (χ1) is 9.37. The quantitative estimate of drug-likeness (QED) is 0.909. The highest BCUT2D eigenvalue weighted by molar-refractivity contribution is 5.81. The molecule has 0 fully saturated rings. The number of nitrogens with zero attached hydrogens (tertiary/aromatic N) is 3. The molecule has 0 bridgehead atoms. The highest BCUT2D eigenvalue weighted by atomic mass is 15.3. The van der Waals surface area contributed by atoms with Crippen LogP contribution in [-0.4, -0.2) is 40.4 Å². The molecular formula is C16H26N4. The van der Waals surface area contributed by atoms with Crippen LogP contribution in [-0.2, 0) is 13.6 Å². The molecule has 0 amide bonds. The number of aromatic nitrogens is 2.